The van der Waals surface area contributed by atoms with Crippen LogP contribution in [0.5, 0.6) is 0 Å². The van der Waals surface area contributed by atoms with E-state index in [-0.39, 0.29) is 10.8 Å². The van der Waals surface area contributed by atoms with Gasteiger partial charge in [0.15, 0.2) is 5.17 Å². The number of carbonyl (C=O) groups is 1. The highest BCUT2D eigenvalue weighted by atomic mass is 32.2. The molecule has 2 aliphatic carbocycles. The first-order valence-electron chi connectivity index (χ1n) is 11.5. The van der Waals surface area contributed by atoms with E-state index in [4.69, 9.17) is 4.74 Å². The van der Waals surface area contributed by atoms with Crippen LogP contribution in [0, 0.1) is 17.8 Å². The van der Waals surface area contributed by atoms with Crippen molar-refractivity contribution >= 4 is 22.8 Å². The van der Waals surface area contributed by atoms with Crippen molar-refractivity contribution in [1.29, 1.82) is 0 Å². The highest BCUT2D eigenvalue weighted by Gasteiger charge is 2.44. The average molecular weight is 428 g/mol. The second kappa shape index (κ2) is 8.54. The molecule has 0 radical (unpaired) electrons. The highest BCUT2D eigenvalue weighted by Crippen LogP contribution is 2.46. The fraction of sp³-hybridized carbons (Fsp3) is 0.667. The lowest BCUT2D eigenvalue weighted by atomic mass is 9.91. The Morgan fingerprint density at radius 3 is 2.70 bits per heavy atom. The maximum absolute atomic E-state index is 12.7. The molecule has 1 amide bonds. The second-order valence-electron chi connectivity index (χ2n) is 9.60. The summed E-state index contributed by atoms with van der Waals surface area (Å²) in [6.07, 6.45) is 7.99. The van der Waals surface area contributed by atoms with E-state index in [9.17, 15) is 4.79 Å². The van der Waals surface area contributed by atoms with Crippen LogP contribution in [0.4, 0.5) is 0 Å². The Morgan fingerprint density at radius 1 is 1.20 bits per heavy atom. The number of amides is 1. The first kappa shape index (κ1) is 20.4. The Kier molecular flexibility index (Phi) is 5.80. The van der Waals surface area contributed by atoms with Gasteiger partial charge in [0.25, 0.3) is 0 Å². The van der Waals surface area contributed by atoms with Gasteiger partial charge in [-0.3, -0.25) is 4.79 Å². The molecule has 2 saturated carbocycles. The lowest BCUT2D eigenvalue weighted by Crippen LogP contribution is -2.49. The van der Waals surface area contributed by atoms with E-state index < -0.39 is 0 Å². The first-order chi connectivity index (χ1) is 14.6. The number of amidine groups is 1. The fourth-order valence-corrected chi connectivity index (χ4v) is 7.09. The van der Waals surface area contributed by atoms with Crippen molar-refractivity contribution in [1.82, 2.24) is 10.2 Å². The molecular formula is C24H33N3O2S. The van der Waals surface area contributed by atoms with Gasteiger partial charge in [-0.2, -0.15) is 0 Å². The minimum atomic E-state index is -0.254. The number of hydrogen-bond donors (Lipinski definition) is 1. The fourth-order valence-electron chi connectivity index (χ4n) is 5.86. The number of carbonyl (C=O) groups excluding carboxylic acids is 1. The minimum Gasteiger partial charge on any atom is -0.362 e. The van der Waals surface area contributed by atoms with Gasteiger partial charge >= 0.3 is 0 Å². The van der Waals surface area contributed by atoms with Crippen LogP contribution in [0.15, 0.2) is 35.3 Å². The van der Waals surface area contributed by atoms with E-state index >= 15 is 0 Å². The Labute approximate surface area is 184 Å². The number of benzene rings is 1. The second-order valence-corrected chi connectivity index (χ2v) is 11.0. The molecule has 2 aliphatic heterocycles. The summed E-state index contributed by atoms with van der Waals surface area (Å²) in [5, 5.41) is 4.84. The summed E-state index contributed by atoms with van der Waals surface area (Å²) >= 11 is 1.78. The van der Waals surface area contributed by atoms with Gasteiger partial charge in [0.2, 0.25) is 5.91 Å². The molecule has 30 heavy (non-hydrogen) atoms. The number of hydrogen-bond acceptors (Lipinski definition) is 5. The summed E-state index contributed by atoms with van der Waals surface area (Å²) < 4.78 is 6.18. The van der Waals surface area contributed by atoms with E-state index in [2.05, 4.69) is 17.2 Å². The van der Waals surface area contributed by atoms with Crippen LogP contribution in [-0.2, 0) is 16.0 Å². The molecule has 1 N–H and O–H groups in total. The molecule has 0 spiro atoms. The smallest absolute Gasteiger partial charge is 0.226 e. The van der Waals surface area contributed by atoms with Crippen LogP contribution < -0.4 is 5.32 Å². The molecule has 1 saturated heterocycles. The molecule has 4 aliphatic rings. The zero-order chi connectivity index (χ0) is 20.6. The van der Waals surface area contributed by atoms with Gasteiger partial charge in [0, 0.05) is 25.0 Å². The number of likely N-dealkylation sites (tertiary alicyclic amines) is 1. The van der Waals surface area contributed by atoms with Crippen molar-refractivity contribution in [3.8, 4) is 0 Å². The van der Waals surface area contributed by atoms with E-state index in [0.717, 1.165) is 48.5 Å². The number of thioether (sulfide) groups is 1. The topological polar surface area (TPSA) is 53.9 Å². The van der Waals surface area contributed by atoms with Gasteiger partial charge in [-0.15, -0.1) is 0 Å². The van der Waals surface area contributed by atoms with Gasteiger partial charge in [0.05, 0.1) is 6.42 Å². The zero-order valence-corrected chi connectivity index (χ0v) is 18.7. The number of fused-ring (bicyclic) bond motifs is 2. The summed E-state index contributed by atoms with van der Waals surface area (Å²) in [7, 11) is 0. The molecule has 162 valence electrons. The van der Waals surface area contributed by atoms with E-state index in [1.807, 2.05) is 35.2 Å². The molecule has 0 aromatic heterocycles. The van der Waals surface area contributed by atoms with Gasteiger partial charge in [-0.25, -0.2) is 4.99 Å². The van der Waals surface area contributed by atoms with Gasteiger partial charge in [-0.05, 0) is 56.4 Å². The standard InChI is InChI=1S/C24H33N3O2S/c1-24(29-16-25-23(30-24)26-21-14-18-7-8-19(21)13-18)20-9-11-27(12-10-20)22(28)15-17-5-3-2-4-6-17/h2-6,18-21H,7-16H2,1H3,(H,25,26)/t18-,19+,21+,24?/m1/s1. The van der Waals surface area contributed by atoms with E-state index in [0.29, 0.717) is 25.1 Å². The number of rotatable bonds is 4. The van der Waals surface area contributed by atoms with Gasteiger partial charge in [-0.1, -0.05) is 48.5 Å². The third-order valence-corrected chi connectivity index (χ3v) is 8.99. The summed E-state index contributed by atoms with van der Waals surface area (Å²) in [6.45, 7) is 4.31. The maximum atomic E-state index is 12.7. The number of nitrogens with zero attached hydrogens (tertiary/aromatic N) is 2. The number of nitrogens with one attached hydrogen (secondary N) is 1. The van der Waals surface area contributed by atoms with Crippen molar-refractivity contribution in [2.45, 2.75) is 62.8 Å². The summed E-state index contributed by atoms with van der Waals surface area (Å²) in [5.41, 5.74) is 1.09. The summed E-state index contributed by atoms with van der Waals surface area (Å²) in [5.74, 6) is 2.45. The Hall–Kier alpha value is -1.53. The molecule has 3 fully saturated rings. The van der Waals surface area contributed by atoms with Gasteiger partial charge in [0.1, 0.15) is 11.7 Å². The van der Waals surface area contributed by atoms with Crippen molar-refractivity contribution in [3.63, 3.8) is 0 Å². The summed E-state index contributed by atoms with van der Waals surface area (Å²) in [4.78, 5) is 19.1. The van der Waals surface area contributed by atoms with Crippen molar-refractivity contribution in [2.24, 2.45) is 22.7 Å². The van der Waals surface area contributed by atoms with Crippen LogP contribution >= 0.6 is 11.8 Å². The predicted octanol–water partition coefficient (Wildman–Crippen LogP) is 4.04. The van der Waals surface area contributed by atoms with E-state index in [1.54, 1.807) is 11.8 Å². The predicted molar refractivity (Wildman–Crippen MR) is 121 cm³/mol. The van der Waals surface area contributed by atoms with E-state index in [1.165, 1.54) is 25.7 Å². The molecule has 2 bridgehead atoms. The van der Waals surface area contributed by atoms with Crippen LogP contribution in [0.2, 0.25) is 0 Å². The molecule has 1 aromatic carbocycles. The number of piperidine rings is 1. The highest BCUT2D eigenvalue weighted by molar-refractivity contribution is 8.14. The molecule has 5 rings (SSSR count). The number of ether oxygens (including phenoxy) is 1. The van der Waals surface area contributed by atoms with Crippen molar-refractivity contribution in [2.75, 3.05) is 19.8 Å². The molecule has 2 heterocycles. The average Bonchev–Trinajstić information content (AvgIpc) is 3.38. The van der Waals surface area contributed by atoms with Gasteiger partial charge < -0.3 is 15.0 Å². The quantitative estimate of drug-likeness (QED) is 0.788. The van der Waals surface area contributed by atoms with Crippen LogP contribution in [0.1, 0.15) is 51.0 Å². The molecule has 5 nitrogen and oxygen atoms in total. The lowest BCUT2D eigenvalue weighted by molar-refractivity contribution is -0.133. The third-order valence-electron chi connectivity index (χ3n) is 7.69. The SMILES string of the molecule is CC1(C2CCN(C(=O)Cc3ccccc3)CC2)OCN=C(N[C@H]2C[C@@H]3CC[C@H]2C3)S1. The van der Waals surface area contributed by atoms with Crippen LogP contribution in [-0.4, -0.2) is 46.8 Å². The molecular weight excluding hydrogens is 394 g/mol. The number of aliphatic imine (C=N–C) groups is 1. The lowest BCUT2D eigenvalue weighted by Gasteiger charge is -2.43. The third kappa shape index (κ3) is 4.26. The minimum absolute atomic E-state index is 0.238. The Morgan fingerprint density at radius 2 is 2.00 bits per heavy atom. The van der Waals surface area contributed by atoms with Crippen LogP contribution in [0.25, 0.3) is 0 Å². The monoisotopic (exact) mass is 427 g/mol. The largest absolute Gasteiger partial charge is 0.362 e. The normalized spacial score (nSPS) is 34.1. The molecule has 1 aromatic rings. The summed E-state index contributed by atoms with van der Waals surface area (Å²) in [6, 6.07) is 10.7. The molecule has 4 atom stereocenters. The molecule has 1 unspecified atom stereocenters. The Bertz CT molecular complexity index is 793. The Balaban J connectivity index is 1.14. The van der Waals surface area contributed by atoms with Crippen LogP contribution in [0.3, 0.4) is 0 Å². The van der Waals surface area contributed by atoms with Crippen molar-refractivity contribution in [3.05, 3.63) is 35.9 Å². The zero-order valence-electron chi connectivity index (χ0n) is 17.9. The first-order valence-corrected chi connectivity index (χ1v) is 12.4. The molecule has 6 heteroatoms. The van der Waals surface area contributed by atoms with Crippen molar-refractivity contribution < 1.29 is 9.53 Å². The maximum Gasteiger partial charge on any atom is 0.226 e.